The van der Waals surface area contributed by atoms with Crippen LogP contribution in [0.25, 0.3) is 0 Å². The number of hydrogen-bond donors (Lipinski definition) is 0. The third kappa shape index (κ3) is 41.6. The maximum Gasteiger partial charge on any atom is 0 e. The van der Waals surface area contributed by atoms with E-state index < -0.39 is 0 Å². The third-order valence-corrected chi connectivity index (χ3v) is 0. The fourth-order valence-electron chi connectivity index (χ4n) is 0. The zero-order valence-corrected chi connectivity index (χ0v) is 6.71. The molecule has 0 unspecified atom stereocenters. The minimum absolute atomic E-state index is 0. The fourth-order valence-corrected chi connectivity index (χ4v) is 0. The molecule has 0 bridgehead atoms. The molecule has 0 amide bonds. The van der Waals surface area contributed by atoms with Crippen molar-refractivity contribution in [3.63, 3.8) is 0 Å². The Labute approximate surface area is 121 Å². The van der Waals surface area contributed by atoms with Crippen LogP contribution in [0.15, 0.2) is 0 Å². The average molecular weight is 50.7 g/mol. The molecular weight excluding hydrogens is 50.7 g/mol. The molecule has 0 heterocycles. The predicted octanol–water partition coefficient (Wildman–Crippen LogP) is -2.67. The van der Waals surface area contributed by atoms with Gasteiger partial charge in [0, 0.05) is 123 Å². The smallest absolute Gasteiger partial charge is 0 e. The summed E-state index contributed by atoms with van der Waals surface area (Å²) in [6, 6.07) is 0. The van der Waals surface area contributed by atoms with E-state index in [9.17, 15) is 0 Å². The molecule has 0 atom stereocenters. The summed E-state index contributed by atoms with van der Waals surface area (Å²) in [7, 11) is 0. The summed E-state index contributed by atoms with van der Waals surface area (Å²) in [6.45, 7) is 0. The second kappa shape index (κ2) is 53.0. The molecule has 0 aromatic rings. The van der Waals surface area contributed by atoms with Gasteiger partial charge in [0.1, 0.15) is 0 Å². The molecule has 0 spiro atoms. The Hall–Kier alpha value is 3.75. The van der Waals surface area contributed by atoms with Gasteiger partial charge in [-0.1, -0.05) is 0 Å². The summed E-state index contributed by atoms with van der Waals surface area (Å²) >= 11 is 0. The zero-order chi connectivity index (χ0) is 0. The van der Waals surface area contributed by atoms with Gasteiger partial charge in [-0.2, -0.15) is 0 Å². The molecule has 7 heavy (non-hydrogen) atoms. The van der Waals surface area contributed by atoms with Gasteiger partial charge in [0.15, 0.2) is 0 Å². The van der Waals surface area contributed by atoms with Gasteiger partial charge in [0.05, 0.1) is 0 Å². The van der Waals surface area contributed by atoms with Crippen molar-refractivity contribution in [1.29, 1.82) is 0 Å². The quantitative estimate of drug-likeness (QED) is 0.263. The van der Waals surface area contributed by atoms with E-state index in [0.717, 1.165) is 0 Å². The van der Waals surface area contributed by atoms with Gasteiger partial charge >= 0.3 is 0 Å². The molecule has 0 aromatic carbocycles. The topological polar surface area (TPSA) is 0 Å². The van der Waals surface area contributed by atoms with Crippen LogP contribution in [0.2, 0.25) is 0 Å². The van der Waals surface area contributed by atoms with E-state index >= 15 is 0 Å². The van der Waals surface area contributed by atoms with Crippen molar-refractivity contribution in [2.24, 2.45) is 0 Å². The van der Waals surface area contributed by atoms with E-state index in [2.05, 4.69) is 0 Å². The predicted molar refractivity (Wildman–Crippen MR) is 40.3 cm³/mol. The van der Waals surface area contributed by atoms with Gasteiger partial charge in [-0.05, 0) is 0 Å². The van der Waals surface area contributed by atoms with Crippen molar-refractivity contribution in [2.75, 3.05) is 0 Å². The molecule has 0 saturated carbocycles. The van der Waals surface area contributed by atoms with E-state index in [4.69, 9.17) is 0 Å². The minimum Gasteiger partial charge on any atom is 0 e. The molecule has 0 aliphatic rings. The molecule has 0 fully saturated rings. The molecule has 0 N–H and O–H groups in total. The van der Waals surface area contributed by atoms with Crippen LogP contribution in [0.5, 0.6) is 0 Å². The summed E-state index contributed by atoms with van der Waals surface area (Å²) in [6.07, 6.45) is 0. The van der Waals surface area contributed by atoms with Crippen LogP contribution >= 0.6 is 0 Å². The van der Waals surface area contributed by atoms with E-state index in [-0.39, 0.29) is 123 Å². The zero-order valence-electron chi connectivity index (χ0n) is 6.71. The van der Waals surface area contributed by atoms with Crippen molar-refractivity contribution in [1.82, 2.24) is 0 Å². The van der Waals surface area contributed by atoms with Crippen molar-refractivity contribution in [3.8, 4) is 0 Å². The van der Waals surface area contributed by atoms with E-state index in [1.54, 1.807) is 0 Å². The first kappa shape index (κ1) is 72.6. The SMILES string of the molecule is [Be].[Li].[Li].[Li].[Li].[Li].[Li]. The van der Waals surface area contributed by atoms with Crippen molar-refractivity contribution >= 4 is 123 Å². The van der Waals surface area contributed by atoms with Gasteiger partial charge in [0.25, 0.3) is 0 Å². The molecule has 8 radical (unpaired) electrons. The summed E-state index contributed by atoms with van der Waals surface area (Å²) in [4.78, 5) is 0. The largest absolute Gasteiger partial charge is 0 e. The van der Waals surface area contributed by atoms with Crippen molar-refractivity contribution in [3.05, 3.63) is 0 Å². The third-order valence-electron chi connectivity index (χ3n) is 0. The Kier molecular flexibility index (Phi) is 550. The Balaban J connectivity index is 0. The Morgan fingerprint density at radius 3 is 0.286 bits per heavy atom. The van der Waals surface area contributed by atoms with Crippen LogP contribution in [0.4, 0.5) is 0 Å². The molecular formula is BeLi6. The van der Waals surface area contributed by atoms with Crippen LogP contribution in [0.1, 0.15) is 0 Å². The van der Waals surface area contributed by atoms with Gasteiger partial charge in [-0.25, -0.2) is 0 Å². The Morgan fingerprint density at radius 1 is 0.286 bits per heavy atom. The molecule has 0 nitrogen and oxygen atoms in total. The first-order chi connectivity index (χ1) is 0. The maximum absolute atomic E-state index is 0. The second-order valence-electron chi connectivity index (χ2n) is 0. The Bertz CT molecular complexity index is 4.14. The number of hydrogen-bond acceptors (Lipinski definition) is 0. The summed E-state index contributed by atoms with van der Waals surface area (Å²) in [5.74, 6) is 0. The summed E-state index contributed by atoms with van der Waals surface area (Å²) < 4.78 is 0. The van der Waals surface area contributed by atoms with Gasteiger partial charge in [-0.3, -0.25) is 0 Å². The standard InChI is InChI=1S/Be.6Li. The average Bonchev–Trinajstić information content (AvgIpc) is 0. The first-order valence-corrected chi connectivity index (χ1v) is 0. The second-order valence-corrected chi connectivity index (χ2v) is 0. The monoisotopic (exact) mass is 51.1 g/mol. The van der Waals surface area contributed by atoms with Gasteiger partial charge in [-0.15, -0.1) is 0 Å². The van der Waals surface area contributed by atoms with E-state index in [0.29, 0.717) is 0 Å². The molecule has 0 aliphatic heterocycles. The van der Waals surface area contributed by atoms with Gasteiger partial charge in [0.2, 0.25) is 0 Å². The van der Waals surface area contributed by atoms with Crippen LogP contribution in [0.3, 0.4) is 0 Å². The van der Waals surface area contributed by atoms with Crippen molar-refractivity contribution in [2.45, 2.75) is 0 Å². The maximum atomic E-state index is 0. The Morgan fingerprint density at radius 2 is 0.286 bits per heavy atom. The molecule has 0 rings (SSSR count). The molecule has 0 aromatic heterocycles. The van der Waals surface area contributed by atoms with E-state index in [1.165, 1.54) is 0 Å². The summed E-state index contributed by atoms with van der Waals surface area (Å²) in [5.41, 5.74) is 0. The minimum atomic E-state index is 0. The van der Waals surface area contributed by atoms with Crippen LogP contribution in [0, 0.1) is 0 Å². The van der Waals surface area contributed by atoms with Crippen LogP contribution < -0.4 is 0 Å². The first-order valence-electron chi connectivity index (χ1n) is 0. The molecule has 7 heteroatoms. The van der Waals surface area contributed by atoms with Crippen molar-refractivity contribution < 1.29 is 0 Å². The number of rotatable bonds is 0. The normalized spacial score (nSPS) is 0. The molecule has 8 valence electrons. The summed E-state index contributed by atoms with van der Waals surface area (Å²) in [5, 5.41) is 0. The molecule has 0 aliphatic carbocycles. The fraction of sp³-hybridized carbons (Fsp3) is 0. The van der Waals surface area contributed by atoms with Crippen LogP contribution in [-0.2, 0) is 0 Å². The van der Waals surface area contributed by atoms with E-state index in [1.807, 2.05) is 0 Å². The van der Waals surface area contributed by atoms with Crippen LogP contribution in [-0.4, -0.2) is 123 Å². The van der Waals surface area contributed by atoms with Gasteiger partial charge < -0.3 is 0 Å². The molecule has 0 saturated heterocycles.